The number of fused-ring (bicyclic) bond motifs is 3. The van der Waals surface area contributed by atoms with Crippen molar-refractivity contribution in [1.82, 2.24) is 14.8 Å². The van der Waals surface area contributed by atoms with Crippen molar-refractivity contribution in [1.29, 1.82) is 0 Å². The maximum atomic E-state index is 6.33. The van der Waals surface area contributed by atoms with Gasteiger partial charge in [0.15, 0.2) is 5.82 Å². The van der Waals surface area contributed by atoms with Crippen molar-refractivity contribution in [3.8, 4) is 11.4 Å². The molecule has 2 heterocycles. The summed E-state index contributed by atoms with van der Waals surface area (Å²) in [7, 11) is 1.67. The molecule has 2 aromatic carbocycles. The van der Waals surface area contributed by atoms with Crippen molar-refractivity contribution in [2.75, 3.05) is 7.11 Å². The van der Waals surface area contributed by atoms with Gasteiger partial charge in [-0.2, -0.15) is 0 Å². The molecule has 5 nitrogen and oxygen atoms in total. The zero-order valence-electron chi connectivity index (χ0n) is 14.9. The Hall–Kier alpha value is -2.37. The fourth-order valence-corrected chi connectivity index (χ4v) is 3.57. The minimum absolute atomic E-state index is 0.239. The molecule has 26 heavy (non-hydrogen) atoms. The SMILES string of the molecule is COc1ccccc1C1OCc2nnc(C(C)C)n2-c2ccc(Cl)cc21. The molecule has 1 aliphatic rings. The Balaban J connectivity index is 1.95. The normalized spacial score (nSPS) is 16.1. The third kappa shape index (κ3) is 2.77. The molecule has 6 heteroatoms. The van der Waals surface area contributed by atoms with E-state index >= 15 is 0 Å². The smallest absolute Gasteiger partial charge is 0.163 e. The number of rotatable bonds is 3. The van der Waals surface area contributed by atoms with Crippen molar-refractivity contribution >= 4 is 11.6 Å². The predicted octanol–water partition coefficient (Wildman–Crippen LogP) is 4.67. The van der Waals surface area contributed by atoms with Gasteiger partial charge in [-0.1, -0.05) is 43.6 Å². The fraction of sp³-hybridized carbons (Fsp3) is 0.300. The molecule has 1 aliphatic heterocycles. The maximum absolute atomic E-state index is 6.33. The van der Waals surface area contributed by atoms with E-state index < -0.39 is 0 Å². The van der Waals surface area contributed by atoms with Crippen molar-refractivity contribution in [2.45, 2.75) is 32.5 Å². The summed E-state index contributed by atoms with van der Waals surface area (Å²) in [5.41, 5.74) is 2.93. The summed E-state index contributed by atoms with van der Waals surface area (Å²) in [6.07, 6.45) is -0.304. The fourth-order valence-electron chi connectivity index (χ4n) is 3.39. The number of hydrogen-bond acceptors (Lipinski definition) is 4. The highest BCUT2D eigenvalue weighted by Gasteiger charge is 2.29. The van der Waals surface area contributed by atoms with Crippen LogP contribution < -0.4 is 4.74 Å². The van der Waals surface area contributed by atoms with Gasteiger partial charge in [-0.15, -0.1) is 10.2 Å². The third-order valence-corrected chi connectivity index (χ3v) is 4.82. The average Bonchev–Trinajstić information content (AvgIpc) is 3.00. The minimum Gasteiger partial charge on any atom is -0.496 e. The Bertz CT molecular complexity index is 952. The zero-order valence-corrected chi connectivity index (χ0v) is 15.7. The van der Waals surface area contributed by atoms with Crippen molar-refractivity contribution in [3.05, 3.63) is 70.3 Å². The van der Waals surface area contributed by atoms with E-state index in [9.17, 15) is 0 Å². The topological polar surface area (TPSA) is 49.2 Å². The molecule has 4 rings (SSSR count). The van der Waals surface area contributed by atoms with Crippen LogP contribution in [0.3, 0.4) is 0 Å². The number of benzene rings is 2. The van der Waals surface area contributed by atoms with Crippen LogP contribution in [-0.4, -0.2) is 21.9 Å². The van der Waals surface area contributed by atoms with Gasteiger partial charge >= 0.3 is 0 Å². The van der Waals surface area contributed by atoms with Gasteiger partial charge in [-0.05, 0) is 24.3 Å². The maximum Gasteiger partial charge on any atom is 0.163 e. The summed E-state index contributed by atoms with van der Waals surface area (Å²) in [5.74, 6) is 2.72. The molecule has 0 aliphatic carbocycles. The van der Waals surface area contributed by atoms with Crippen molar-refractivity contribution in [3.63, 3.8) is 0 Å². The van der Waals surface area contributed by atoms with E-state index in [2.05, 4.69) is 28.6 Å². The average molecular weight is 370 g/mol. The molecule has 0 spiro atoms. The second-order valence-electron chi connectivity index (χ2n) is 6.60. The second-order valence-corrected chi connectivity index (χ2v) is 7.04. The highest BCUT2D eigenvalue weighted by atomic mass is 35.5. The summed E-state index contributed by atoms with van der Waals surface area (Å²) in [6.45, 7) is 4.57. The van der Waals surface area contributed by atoms with Crippen LogP contribution in [0.5, 0.6) is 5.75 Å². The second kappa shape index (κ2) is 6.74. The summed E-state index contributed by atoms with van der Waals surface area (Å²) < 4.78 is 13.9. The highest BCUT2D eigenvalue weighted by molar-refractivity contribution is 6.30. The van der Waals surface area contributed by atoms with Crippen LogP contribution in [0, 0.1) is 0 Å². The van der Waals surface area contributed by atoms with E-state index in [1.54, 1.807) is 7.11 Å². The summed E-state index contributed by atoms with van der Waals surface area (Å²) in [4.78, 5) is 0. The molecular formula is C20H20ClN3O2. The van der Waals surface area contributed by atoms with E-state index in [0.29, 0.717) is 11.6 Å². The molecule has 0 bridgehead atoms. The lowest BCUT2D eigenvalue weighted by Gasteiger charge is -2.21. The van der Waals surface area contributed by atoms with Crippen molar-refractivity contribution < 1.29 is 9.47 Å². The van der Waals surface area contributed by atoms with Gasteiger partial charge in [0.25, 0.3) is 0 Å². The molecule has 0 amide bonds. The molecular weight excluding hydrogens is 350 g/mol. The molecule has 1 aromatic heterocycles. The molecule has 0 radical (unpaired) electrons. The first-order chi connectivity index (χ1) is 12.6. The van der Waals surface area contributed by atoms with Crippen LogP contribution in [0.4, 0.5) is 0 Å². The first kappa shape index (κ1) is 17.1. The van der Waals surface area contributed by atoms with Crippen LogP contribution in [0.1, 0.15) is 48.6 Å². The van der Waals surface area contributed by atoms with Gasteiger partial charge < -0.3 is 9.47 Å². The highest BCUT2D eigenvalue weighted by Crippen LogP contribution is 2.40. The molecule has 1 atom stereocenters. The Morgan fingerprint density at radius 1 is 1.15 bits per heavy atom. The number of halogens is 1. The Kier molecular flexibility index (Phi) is 4.42. The molecule has 0 saturated heterocycles. The van der Waals surface area contributed by atoms with E-state index in [0.717, 1.165) is 34.2 Å². The van der Waals surface area contributed by atoms with Gasteiger partial charge in [-0.3, -0.25) is 4.57 Å². The van der Waals surface area contributed by atoms with Gasteiger partial charge in [0.05, 0.1) is 12.8 Å². The quantitative estimate of drug-likeness (QED) is 0.673. The van der Waals surface area contributed by atoms with Crippen LogP contribution in [-0.2, 0) is 11.3 Å². The Labute approximate surface area is 157 Å². The predicted molar refractivity (Wildman–Crippen MR) is 100 cm³/mol. The molecule has 134 valence electrons. The molecule has 0 N–H and O–H groups in total. The van der Waals surface area contributed by atoms with Crippen LogP contribution in [0.15, 0.2) is 42.5 Å². The summed E-state index contributed by atoms with van der Waals surface area (Å²) in [6, 6.07) is 13.7. The molecule has 3 aromatic rings. The van der Waals surface area contributed by atoms with E-state index in [1.165, 1.54) is 0 Å². The summed E-state index contributed by atoms with van der Waals surface area (Å²) >= 11 is 6.33. The Morgan fingerprint density at radius 2 is 1.96 bits per heavy atom. The van der Waals surface area contributed by atoms with Crippen molar-refractivity contribution in [2.24, 2.45) is 0 Å². The number of ether oxygens (including phenoxy) is 2. The van der Waals surface area contributed by atoms with E-state index in [-0.39, 0.29) is 12.0 Å². The standard InChI is InChI=1S/C20H20ClN3O2/c1-12(2)20-23-22-18-11-26-19(14-6-4-5-7-17(14)25-3)15-10-13(21)8-9-16(15)24(18)20/h4-10,12,19H,11H2,1-3H3. The third-order valence-electron chi connectivity index (χ3n) is 4.58. The van der Waals surface area contributed by atoms with Crippen LogP contribution >= 0.6 is 11.6 Å². The van der Waals surface area contributed by atoms with E-state index in [4.69, 9.17) is 21.1 Å². The van der Waals surface area contributed by atoms with Gasteiger partial charge in [0.1, 0.15) is 24.3 Å². The Morgan fingerprint density at radius 3 is 2.73 bits per heavy atom. The molecule has 0 saturated carbocycles. The molecule has 1 unspecified atom stereocenters. The van der Waals surface area contributed by atoms with Crippen LogP contribution in [0.2, 0.25) is 5.02 Å². The number of para-hydroxylation sites is 1. The number of aromatic nitrogens is 3. The van der Waals surface area contributed by atoms with Gasteiger partial charge in [-0.25, -0.2) is 0 Å². The number of methoxy groups -OCH3 is 1. The van der Waals surface area contributed by atoms with Crippen LogP contribution in [0.25, 0.3) is 5.69 Å². The lowest BCUT2D eigenvalue weighted by molar-refractivity contribution is 0.0638. The first-order valence-corrected chi connectivity index (χ1v) is 8.96. The molecule has 0 fully saturated rings. The lowest BCUT2D eigenvalue weighted by atomic mass is 9.98. The number of nitrogens with zero attached hydrogens (tertiary/aromatic N) is 3. The monoisotopic (exact) mass is 369 g/mol. The van der Waals surface area contributed by atoms with Gasteiger partial charge in [0, 0.05) is 22.1 Å². The lowest BCUT2D eigenvalue weighted by Crippen LogP contribution is -2.09. The first-order valence-electron chi connectivity index (χ1n) is 8.58. The van der Waals surface area contributed by atoms with E-state index in [1.807, 2.05) is 42.5 Å². The minimum atomic E-state index is -0.304. The van der Waals surface area contributed by atoms with Gasteiger partial charge in [0.2, 0.25) is 0 Å². The number of hydrogen-bond donors (Lipinski definition) is 0. The largest absolute Gasteiger partial charge is 0.496 e. The zero-order chi connectivity index (χ0) is 18.3. The summed E-state index contributed by atoms with van der Waals surface area (Å²) in [5, 5.41) is 9.38.